The maximum absolute atomic E-state index is 12.5. The highest BCUT2D eigenvalue weighted by Crippen LogP contribution is 2.31. The van der Waals surface area contributed by atoms with Gasteiger partial charge >= 0.3 is 0 Å². The first-order chi connectivity index (χ1) is 12.1. The van der Waals surface area contributed by atoms with E-state index < -0.39 is 15.9 Å². The van der Waals surface area contributed by atoms with Crippen LogP contribution < -0.4 is 9.62 Å². The summed E-state index contributed by atoms with van der Waals surface area (Å²) < 4.78 is 25.7. The number of benzene rings is 2. The highest BCUT2D eigenvalue weighted by molar-refractivity contribution is 7.92. The second-order valence-electron chi connectivity index (χ2n) is 6.13. The number of anilines is 2. The maximum Gasteiger partial charge on any atom is 0.245 e. The van der Waals surface area contributed by atoms with Crippen LogP contribution in [0.5, 0.6) is 0 Å². The summed E-state index contributed by atoms with van der Waals surface area (Å²) in [4.78, 5) is 12.5. The van der Waals surface area contributed by atoms with Crippen LogP contribution in [-0.2, 0) is 14.8 Å². The van der Waals surface area contributed by atoms with E-state index in [0.717, 1.165) is 16.1 Å². The van der Waals surface area contributed by atoms with E-state index in [0.29, 0.717) is 16.4 Å². The quantitative estimate of drug-likeness (QED) is 0.754. The van der Waals surface area contributed by atoms with Gasteiger partial charge in [-0.25, -0.2) is 8.42 Å². The smallest absolute Gasteiger partial charge is 0.245 e. The third-order valence-electron chi connectivity index (χ3n) is 3.74. The Labute approximate surface area is 164 Å². The van der Waals surface area contributed by atoms with Crippen LogP contribution >= 0.6 is 23.2 Å². The van der Waals surface area contributed by atoms with E-state index in [2.05, 4.69) is 5.32 Å². The zero-order valence-electron chi connectivity index (χ0n) is 14.7. The van der Waals surface area contributed by atoms with Crippen LogP contribution in [0.15, 0.2) is 42.5 Å². The molecule has 0 saturated heterocycles. The van der Waals surface area contributed by atoms with Gasteiger partial charge in [0.2, 0.25) is 15.9 Å². The van der Waals surface area contributed by atoms with Crippen LogP contribution in [0.2, 0.25) is 10.0 Å². The number of rotatable bonds is 6. The molecule has 0 aromatic heterocycles. The van der Waals surface area contributed by atoms with E-state index in [4.69, 9.17) is 23.2 Å². The highest BCUT2D eigenvalue weighted by atomic mass is 35.5. The minimum Gasteiger partial charge on any atom is -0.323 e. The molecule has 1 N–H and O–H groups in total. The largest absolute Gasteiger partial charge is 0.323 e. The Morgan fingerprint density at radius 1 is 1.12 bits per heavy atom. The molecule has 0 aliphatic carbocycles. The molecule has 0 atom stereocenters. The third kappa shape index (κ3) is 4.90. The first-order valence-electron chi connectivity index (χ1n) is 7.91. The number of nitrogens with one attached hydrogen (secondary N) is 1. The van der Waals surface area contributed by atoms with E-state index in [1.54, 1.807) is 30.3 Å². The van der Waals surface area contributed by atoms with Crippen LogP contribution in [0.1, 0.15) is 25.3 Å². The Morgan fingerprint density at radius 2 is 1.77 bits per heavy atom. The Morgan fingerprint density at radius 3 is 2.38 bits per heavy atom. The molecule has 5 nitrogen and oxygen atoms in total. The summed E-state index contributed by atoms with van der Waals surface area (Å²) in [6, 6.07) is 12.0. The molecule has 0 bridgehead atoms. The van der Waals surface area contributed by atoms with Crippen molar-refractivity contribution in [1.82, 2.24) is 0 Å². The van der Waals surface area contributed by atoms with Crippen molar-refractivity contribution in [1.29, 1.82) is 0 Å². The monoisotopic (exact) mass is 414 g/mol. The van der Waals surface area contributed by atoms with Crippen LogP contribution in [-0.4, -0.2) is 27.1 Å². The summed E-state index contributed by atoms with van der Waals surface area (Å²) in [6.07, 6.45) is 1.07. The minimum atomic E-state index is -3.67. The molecule has 2 aromatic carbocycles. The molecule has 140 valence electrons. The number of halogens is 2. The molecule has 0 unspecified atom stereocenters. The summed E-state index contributed by atoms with van der Waals surface area (Å²) in [7, 11) is -3.67. The minimum absolute atomic E-state index is 0.0980. The van der Waals surface area contributed by atoms with Crippen molar-refractivity contribution >= 4 is 50.5 Å². The Kier molecular flexibility index (Phi) is 6.55. The second kappa shape index (κ2) is 8.29. The van der Waals surface area contributed by atoms with Crippen molar-refractivity contribution in [3.8, 4) is 0 Å². The molecule has 0 saturated carbocycles. The van der Waals surface area contributed by atoms with Crippen molar-refractivity contribution in [3.05, 3.63) is 58.1 Å². The van der Waals surface area contributed by atoms with Crippen molar-refractivity contribution in [2.24, 2.45) is 0 Å². The topological polar surface area (TPSA) is 66.5 Å². The first kappa shape index (κ1) is 20.6. The average molecular weight is 415 g/mol. The van der Waals surface area contributed by atoms with Crippen molar-refractivity contribution in [2.75, 3.05) is 22.4 Å². The lowest BCUT2D eigenvalue weighted by molar-refractivity contribution is -0.114. The lowest BCUT2D eigenvalue weighted by atomic mass is 10.0. The van der Waals surface area contributed by atoms with Gasteiger partial charge in [-0.3, -0.25) is 9.10 Å². The predicted octanol–water partition coefficient (Wildman–Crippen LogP) is 4.52. The Balaban J connectivity index is 2.33. The Hall–Kier alpha value is -1.76. The second-order valence-corrected chi connectivity index (χ2v) is 8.82. The zero-order chi connectivity index (χ0) is 19.5. The molecule has 0 spiro atoms. The molecule has 0 aliphatic heterocycles. The molecular weight excluding hydrogens is 395 g/mol. The van der Waals surface area contributed by atoms with Gasteiger partial charge in [-0.15, -0.1) is 0 Å². The fourth-order valence-electron chi connectivity index (χ4n) is 2.50. The summed E-state index contributed by atoms with van der Waals surface area (Å²) >= 11 is 12.0. The van der Waals surface area contributed by atoms with Gasteiger partial charge in [0.25, 0.3) is 0 Å². The number of carbonyl (C=O) groups excluding carboxylic acids is 1. The molecule has 1 amide bonds. The molecule has 0 heterocycles. The number of para-hydroxylation sites is 1. The van der Waals surface area contributed by atoms with Crippen molar-refractivity contribution in [3.63, 3.8) is 0 Å². The van der Waals surface area contributed by atoms with E-state index in [-0.39, 0.29) is 17.5 Å². The molecule has 2 aromatic rings. The standard InChI is InChI=1S/C18H20Cl2N2O3S/c1-12(2)13-7-4-5-10-16(13)22(26(3,24)25)11-17(23)21-15-9-6-8-14(19)18(15)20/h4-10,12H,11H2,1-3H3,(H,21,23). The van der Waals surface area contributed by atoms with E-state index >= 15 is 0 Å². The number of hydrogen-bond donors (Lipinski definition) is 1. The fourth-order valence-corrected chi connectivity index (χ4v) is 3.73. The van der Waals surface area contributed by atoms with Gasteiger partial charge in [0, 0.05) is 0 Å². The van der Waals surface area contributed by atoms with Crippen LogP contribution in [0, 0.1) is 0 Å². The lowest BCUT2D eigenvalue weighted by Gasteiger charge is -2.25. The number of sulfonamides is 1. The summed E-state index contributed by atoms with van der Waals surface area (Å²) in [5, 5.41) is 3.12. The first-order valence-corrected chi connectivity index (χ1v) is 10.5. The molecule has 8 heteroatoms. The van der Waals surface area contributed by atoms with Gasteiger partial charge in [0.05, 0.1) is 27.7 Å². The van der Waals surface area contributed by atoms with Crippen LogP contribution in [0.25, 0.3) is 0 Å². The summed E-state index contributed by atoms with van der Waals surface area (Å²) in [5.74, 6) is -0.418. The average Bonchev–Trinajstić information content (AvgIpc) is 2.56. The maximum atomic E-state index is 12.5. The van der Waals surface area contributed by atoms with E-state index in [1.807, 2.05) is 26.0 Å². The van der Waals surface area contributed by atoms with E-state index in [9.17, 15) is 13.2 Å². The Bertz CT molecular complexity index is 914. The molecular formula is C18H20Cl2N2O3S. The molecule has 26 heavy (non-hydrogen) atoms. The summed E-state index contributed by atoms with van der Waals surface area (Å²) in [6.45, 7) is 3.56. The fraction of sp³-hybridized carbons (Fsp3) is 0.278. The summed E-state index contributed by atoms with van der Waals surface area (Å²) in [5.41, 5.74) is 1.65. The number of carbonyl (C=O) groups is 1. The lowest BCUT2D eigenvalue weighted by Crippen LogP contribution is -2.38. The van der Waals surface area contributed by atoms with Gasteiger partial charge < -0.3 is 5.32 Å². The number of nitrogens with zero attached hydrogens (tertiary/aromatic N) is 1. The third-order valence-corrected chi connectivity index (χ3v) is 5.69. The van der Waals surface area contributed by atoms with Crippen molar-refractivity contribution < 1.29 is 13.2 Å². The predicted molar refractivity (Wildman–Crippen MR) is 108 cm³/mol. The van der Waals surface area contributed by atoms with Gasteiger partial charge in [-0.2, -0.15) is 0 Å². The highest BCUT2D eigenvalue weighted by Gasteiger charge is 2.24. The molecule has 2 rings (SSSR count). The van der Waals surface area contributed by atoms with Crippen LogP contribution in [0.3, 0.4) is 0 Å². The van der Waals surface area contributed by atoms with Gasteiger partial charge in [0.15, 0.2) is 0 Å². The van der Waals surface area contributed by atoms with E-state index in [1.165, 1.54) is 0 Å². The normalized spacial score (nSPS) is 11.5. The van der Waals surface area contributed by atoms with Gasteiger partial charge in [-0.05, 0) is 29.7 Å². The SMILES string of the molecule is CC(C)c1ccccc1N(CC(=O)Nc1cccc(Cl)c1Cl)S(C)(=O)=O. The number of amides is 1. The van der Waals surface area contributed by atoms with Gasteiger partial charge in [0.1, 0.15) is 6.54 Å². The van der Waals surface area contributed by atoms with Crippen LogP contribution in [0.4, 0.5) is 11.4 Å². The van der Waals surface area contributed by atoms with Crippen molar-refractivity contribution in [2.45, 2.75) is 19.8 Å². The molecule has 0 fully saturated rings. The molecule has 0 radical (unpaired) electrons. The molecule has 0 aliphatic rings. The number of hydrogen-bond acceptors (Lipinski definition) is 3. The zero-order valence-corrected chi connectivity index (χ0v) is 17.0. The van der Waals surface area contributed by atoms with Gasteiger partial charge in [-0.1, -0.05) is 61.3 Å².